The minimum Gasteiger partial charge on any atom is -0.463 e. The highest BCUT2D eigenvalue weighted by Gasteiger charge is 2.19. The molecule has 1 unspecified atom stereocenters. The van der Waals surface area contributed by atoms with Gasteiger partial charge in [-0.15, -0.1) is 0 Å². The van der Waals surface area contributed by atoms with Crippen molar-refractivity contribution in [1.29, 1.82) is 0 Å². The van der Waals surface area contributed by atoms with Crippen LogP contribution in [0.2, 0.25) is 0 Å². The number of nitrogens with one attached hydrogen (secondary N) is 2. The number of amides is 1. The molecule has 25 heavy (non-hydrogen) atoms. The standard InChI is InChI=1S/C18H18N4O3/c23-18(12-5-6-19-15(9-12)16-4-2-8-25-16)20-17-10-14(21-22-17)13-3-1-7-24-11-13/h2,4-6,8-10,13H,1,3,7,11H2,(H2,20,21,22,23). The third-order valence-electron chi connectivity index (χ3n) is 4.24. The molecule has 0 spiro atoms. The molecule has 1 aliphatic rings. The van der Waals surface area contributed by atoms with Gasteiger partial charge < -0.3 is 14.5 Å². The molecule has 1 aliphatic heterocycles. The first-order valence-electron chi connectivity index (χ1n) is 8.24. The predicted molar refractivity (Wildman–Crippen MR) is 91.3 cm³/mol. The van der Waals surface area contributed by atoms with Crippen LogP contribution in [0.3, 0.4) is 0 Å². The highest BCUT2D eigenvalue weighted by atomic mass is 16.5. The Kier molecular flexibility index (Phi) is 4.30. The van der Waals surface area contributed by atoms with E-state index in [4.69, 9.17) is 9.15 Å². The van der Waals surface area contributed by atoms with Gasteiger partial charge in [0, 0.05) is 36.0 Å². The minimum absolute atomic E-state index is 0.242. The number of pyridine rings is 1. The van der Waals surface area contributed by atoms with Crippen molar-refractivity contribution in [1.82, 2.24) is 15.2 Å². The lowest BCUT2D eigenvalue weighted by Crippen LogP contribution is -2.15. The summed E-state index contributed by atoms with van der Waals surface area (Å²) in [7, 11) is 0. The summed E-state index contributed by atoms with van der Waals surface area (Å²) in [5.74, 6) is 1.18. The van der Waals surface area contributed by atoms with Crippen molar-refractivity contribution in [2.75, 3.05) is 18.5 Å². The van der Waals surface area contributed by atoms with Crippen LogP contribution in [0.1, 0.15) is 34.8 Å². The van der Waals surface area contributed by atoms with Gasteiger partial charge in [-0.3, -0.25) is 14.9 Å². The molecule has 7 nitrogen and oxygen atoms in total. The van der Waals surface area contributed by atoms with E-state index in [-0.39, 0.29) is 5.91 Å². The van der Waals surface area contributed by atoms with E-state index in [1.807, 2.05) is 6.07 Å². The summed E-state index contributed by atoms with van der Waals surface area (Å²) in [6.07, 6.45) is 5.26. The zero-order valence-electron chi connectivity index (χ0n) is 13.6. The van der Waals surface area contributed by atoms with E-state index in [2.05, 4.69) is 20.5 Å². The zero-order chi connectivity index (χ0) is 17.1. The minimum atomic E-state index is -0.242. The molecule has 1 amide bonds. The maximum Gasteiger partial charge on any atom is 0.256 e. The number of carbonyl (C=O) groups excluding carboxylic acids is 1. The molecular formula is C18H18N4O3. The molecule has 2 N–H and O–H groups in total. The van der Waals surface area contributed by atoms with Gasteiger partial charge in [-0.25, -0.2) is 0 Å². The molecule has 1 fully saturated rings. The maximum atomic E-state index is 12.5. The smallest absolute Gasteiger partial charge is 0.256 e. The number of carbonyl (C=O) groups is 1. The molecule has 128 valence electrons. The van der Waals surface area contributed by atoms with E-state index in [9.17, 15) is 4.79 Å². The third-order valence-corrected chi connectivity index (χ3v) is 4.24. The van der Waals surface area contributed by atoms with E-state index in [0.717, 1.165) is 25.1 Å². The topological polar surface area (TPSA) is 93.0 Å². The number of aromatic nitrogens is 3. The highest BCUT2D eigenvalue weighted by molar-refractivity contribution is 6.04. The number of furan rings is 1. The van der Waals surface area contributed by atoms with Crippen LogP contribution in [0.5, 0.6) is 0 Å². The molecule has 1 atom stereocenters. The van der Waals surface area contributed by atoms with Crippen LogP contribution in [-0.2, 0) is 4.74 Å². The molecule has 0 aliphatic carbocycles. The fourth-order valence-electron chi connectivity index (χ4n) is 2.92. The Hall–Kier alpha value is -2.93. The van der Waals surface area contributed by atoms with Crippen LogP contribution in [0, 0.1) is 0 Å². The number of anilines is 1. The van der Waals surface area contributed by atoms with Crippen LogP contribution in [0.4, 0.5) is 5.82 Å². The number of H-pyrrole nitrogens is 1. The Morgan fingerprint density at radius 2 is 2.28 bits per heavy atom. The fraction of sp³-hybridized carbons (Fsp3) is 0.278. The van der Waals surface area contributed by atoms with E-state index in [0.29, 0.717) is 35.4 Å². The van der Waals surface area contributed by atoms with Crippen LogP contribution in [0.15, 0.2) is 47.2 Å². The maximum absolute atomic E-state index is 12.5. The van der Waals surface area contributed by atoms with Crippen molar-refractivity contribution in [3.8, 4) is 11.5 Å². The van der Waals surface area contributed by atoms with Gasteiger partial charge in [-0.05, 0) is 37.1 Å². The van der Waals surface area contributed by atoms with Crippen LogP contribution < -0.4 is 5.32 Å². The van der Waals surface area contributed by atoms with Crippen molar-refractivity contribution in [2.24, 2.45) is 0 Å². The highest BCUT2D eigenvalue weighted by Crippen LogP contribution is 2.25. The van der Waals surface area contributed by atoms with Gasteiger partial charge in [0.25, 0.3) is 5.91 Å². The van der Waals surface area contributed by atoms with Crippen molar-refractivity contribution >= 4 is 11.7 Å². The average Bonchev–Trinajstić information content (AvgIpc) is 3.35. The Bertz CT molecular complexity index is 851. The van der Waals surface area contributed by atoms with Crippen molar-refractivity contribution in [2.45, 2.75) is 18.8 Å². The zero-order valence-corrected chi connectivity index (χ0v) is 13.6. The number of nitrogens with zero attached hydrogens (tertiary/aromatic N) is 2. The molecule has 0 bridgehead atoms. The average molecular weight is 338 g/mol. The molecule has 7 heteroatoms. The normalized spacial score (nSPS) is 17.4. The number of ether oxygens (including phenoxy) is 1. The molecule has 3 aromatic rings. The van der Waals surface area contributed by atoms with Crippen molar-refractivity contribution < 1.29 is 13.9 Å². The molecular weight excluding hydrogens is 320 g/mol. The lowest BCUT2D eigenvalue weighted by molar-refractivity contribution is 0.0793. The summed E-state index contributed by atoms with van der Waals surface area (Å²) in [6, 6.07) is 8.80. The first-order chi connectivity index (χ1) is 12.3. The Morgan fingerprint density at radius 1 is 1.32 bits per heavy atom. The van der Waals surface area contributed by atoms with E-state index in [1.54, 1.807) is 36.7 Å². The molecule has 0 radical (unpaired) electrons. The third kappa shape index (κ3) is 3.46. The quantitative estimate of drug-likeness (QED) is 0.762. The summed E-state index contributed by atoms with van der Waals surface area (Å²) in [4.78, 5) is 16.7. The summed E-state index contributed by atoms with van der Waals surface area (Å²) in [5, 5.41) is 9.99. The van der Waals surface area contributed by atoms with Gasteiger partial charge in [0.1, 0.15) is 5.69 Å². The van der Waals surface area contributed by atoms with E-state index in [1.165, 1.54) is 0 Å². The summed E-state index contributed by atoms with van der Waals surface area (Å²) in [5.41, 5.74) is 2.09. The lowest BCUT2D eigenvalue weighted by atomic mass is 9.99. The van der Waals surface area contributed by atoms with Gasteiger partial charge in [0.05, 0.1) is 12.9 Å². The summed E-state index contributed by atoms with van der Waals surface area (Å²) >= 11 is 0. The van der Waals surface area contributed by atoms with E-state index < -0.39 is 0 Å². The molecule has 0 saturated carbocycles. The number of hydrogen-bond donors (Lipinski definition) is 2. The molecule has 0 aromatic carbocycles. The van der Waals surface area contributed by atoms with Gasteiger partial charge >= 0.3 is 0 Å². The monoisotopic (exact) mass is 338 g/mol. The molecule has 4 heterocycles. The fourth-order valence-corrected chi connectivity index (χ4v) is 2.92. The van der Waals surface area contributed by atoms with Crippen LogP contribution in [-0.4, -0.2) is 34.3 Å². The second-order valence-electron chi connectivity index (χ2n) is 5.98. The number of aromatic amines is 1. The van der Waals surface area contributed by atoms with Gasteiger partial charge in [-0.1, -0.05) is 0 Å². The largest absolute Gasteiger partial charge is 0.463 e. The number of hydrogen-bond acceptors (Lipinski definition) is 5. The Morgan fingerprint density at radius 3 is 3.08 bits per heavy atom. The molecule has 3 aromatic heterocycles. The second-order valence-corrected chi connectivity index (χ2v) is 5.98. The first kappa shape index (κ1) is 15.6. The van der Waals surface area contributed by atoms with Crippen LogP contribution in [0.25, 0.3) is 11.5 Å². The summed E-state index contributed by atoms with van der Waals surface area (Å²) < 4.78 is 10.8. The van der Waals surface area contributed by atoms with Crippen molar-refractivity contribution in [3.05, 3.63) is 54.0 Å². The van der Waals surface area contributed by atoms with Gasteiger partial charge in [0.2, 0.25) is 0 Å². The lowest BCUT2D eigenvalue weighted by Gasteiger charge is -2.20. The Labute approximate surface area is 144 Å². The molecule has 1 saturated heterocycles. The summed E-state index contributed by atoms with van der Waals surface area (Å²) in [6.45, 7) is 1.50. The van der Waals surface area contributed by atoms with Gasteiger partial charge in [0.15, 0.2) is 11.6 Å². The molecule has 4 rings (SSSR count). The SMILES string of the molecule is O=C(Nc1cc(C2CCCOC2)[nH]n1)c1ccnc(-c2ccco2)c1. The van der Waals surface area contributed by atoms with Gasteiger partial charge in [-0.2, -0.15) is 5.10 Å². The van der Waals surface area contributed by atoms with Crippen molar-refractivity contribution in [3.63, 3.8) is 0 Å². The first-order valence-corrected chi connectivity index (χ1v) is 8.24. The second kappa shape index (κ2) is 6.90. The predicted octanol–water partition coefficient (Wildman–Crippen LogP) is 3.21. The van der Waals surface area contributed by atoms with E-state index >= 15 is 0 Å². The van der Waals surface area contributed by atoms with Crippen LogP contribution >= 0.6 is 0 Å². The number of rotatable bonds is 4. The Balaban J connectivity index is 1.47.